The third-order valence-corrected chi connectivity index (χ3v) is 5.60. The van der Waals surface area contributed by atoms with Crippen LogP contribution in [0.5, 0.6) is 0 Å². The molecule has 0 radical (unpaired) electrons. The second-order valence-corrected chi connectivity index (χ2v) is 7.21. The first-order valence-electron chi connectivity index (χ1n) is 9.01. The van der Waals surface area contributed by atoms with Gasteiger partial charge in [0, 0.05) is 38.8 Å². The van der Waals surface area contributed by atoms with Crippen LogP contribution >= 0.6 is 0 Å². The van der Waals surface area contributed by atoms with Crippen molar-refractivity contribution in [2.24, 2.45) is 17.8 Å². The van der Waals surface area contributed by atoms with Crippen molar-refractivity contribution in [3.05, 3.63) is 24.2 Å². The van der Waals surface area contributed by atoms with Gasteiger partial charge in [-0.3, -0.25) is 4.79 Å². The number of hydrogen-bond donors (Lipinski definition) is 1. The van der Waals surface area contributed by atoms with E-state index in [1.54, 1.807) is 6.26 Å². The van der Waals surface area contributed by atoms with Gasteiger partial charge in [0.2, 0.25) is 5.91 Å². The van der Waals surface area contributed by atoms with Crippen molar-refractivity contribution in [2.45, 2.75) is 25.5 Å². The number of amides is 1. The number of ether oxygens (including phenoxy) is 2. The normalized spacial score (nSPS) is 31.2. The van der Waals surface area contributed by atoms with E-state index in [-0.39, 0.29) is 17.9 Å². The van der Waals surface area contributed by atoms with E-state index >= 15 is 0 Å². The van der Waals surface area contributed by atoms with Crippen LogP contribution in [0.2, 0.25) is 0 Å². The summed E-state index contributed by atoms with van der Waals surface area (Å²) < 4.78 is 16.6. The van der Waals surface area contributed by atoms with E-state index < -0.39 is 0 Å². The number of likely N-dealkylation sites (tertiary alicyclic amines) is 1. The molecule has 3 atom stereocenters. The minimum Gasteiger partial charge on any atom is -0.467 e. The van der Waals surface area contributed by atoms with Crippen molar-refractivity contribution in [2.75, 3.05) is 39.5 Å². The molecule has 1 aromatic heterocycles. The zero-order valence-corrected chi connectivity index (χ0v) is 14.0. The molecule has 3 fully saturated rings. The number of rotatable bonds is 5. The number of fused-ring (bicyclic) bond motifs is 1. The molecule has 1 aromatic rings. The average Bonchev–Trinajstić information content (AvgIpc) is 3.30. The number of carbonyl (C=O) groups is 1. The summed E-state index contributed by atoms with van der Waals surface area (Å²) in [6.45, 7) is 5.82. The minimum absolute atomic E-state index is 0.0374. The first kappa shape index (κ1) is 16.1. The Bertz CT molecular complexity index is 541. The monoisotopic (exact) mass is 334 g/mol. The lowest BCUT2D eigenvalue weighted by atomic mass is 9.92. The summed E-state index contributed by atoms with van der Waals surface area (Å²) in [5.41, 5.74) is 0. The Hall–Kier alpha value is -1.37. The fourth-order valence-electron chi connectivity index (χ4n) is 4.23. The SMILES string of the molecule is O=C(NCc1ccco1)[C@H]1CO[C@@H]2CN(CC3CCOCC3)C[C@H]12. The van der Waals surface area contributed by atoms with E-state index in [1.807, 2.05) is 12.1 Å². The maximum Gasteiger partial charge on any atom is 0.226 e. The molecule has 132 valence electrons. The molecule has 0 aliphatic carbocycles. The van der Waals surface area contributed by atoms with Gasteiger partial charge in [0.05, 0.1) is 31.4 Å². The highest BCUT2D eigenvalue weighted by atomic mass is 16.5. The number of nitrogens with zero attached hydrogens (tertiary/aromatic N) is 1. The maximum absolute atomic E-state index is 12.5. The Morgan fingerprint density at radius 2 is 2.17 bits per heavy atom. The van der Waals surface area contributed by atoms with Crippen LogP contribution in [0.1, 0.15) is 18.6 Å². The molecule has 0 aromatic carbocycles. The van der Waals surface area contributed by atoms with E-state index in [1.165, 1.54) is 0 Å². The van der Waals surface area contributed by atoms with Crippen LogP contribution in [0.4, 0.5) is 0 Å². The van der Waals surface area contributed by atoms with Crippen LogP contribution in [0.3, 0.4) is 0 Å². The topological polar surface area (TPSA) is 63.9 Å². The lowest BCUT2D eigenvalue weighted by molar-refractivity contribution is -0.126. The molecule has 1 amide bonds. The van der Waals surface area contributed by atoms with E-state index in [2.05, 4.69) is 10.2 Å². The smallest absolute Gasteiger partial charge is 0.226 e. The molecule has 24 heavy (non-hydrogen) atoms. The molecule has 4 rings (SSSR count). The van der Waals surface area contributed by atoms with Crippen molar-refractivity contribution in [3.8, 4) is 0 Å². The Balaban J connectivity index is 1.28. The van der Waals surface area contributed by atoms with Gasteiger partial charge in [0.1, 0.15) is 5.76 Å². The van der Waals surface area contributed by atoms with Crippen molar-refractivity contribution in [1.29, 1.82) is 0 Å². The molecule has 3 aliphatic heterocycles. The third-order valence-electron chi connectivity index (χ3n) is 5.60. The fourth-order valence-corrected chi connectivity index (χ4v) is 4.23. The van der Waals surface area contributed by atoms with E-state index in [0.29, 0.717) is 19.1 Å². The molecular formula is C18H26N2O4. The summed E-state index contributed by atoms with van der Waals surface area (Å²) in [6.07, 6.45) is 4.14. The van der Waals surface area contributed by atoms with Crippen LogP contribution in [-0.2, 0) is 20.8 Å². The van der Waals surface area contributed by atoms with Gasteiger partial charge in [-0.2, -0.15) is 0 Å². The number of hydrogen-bond acceptors (Lipinski definition) is 5. The predicted octanol–water partition coefficient (Wildman–Crippen LogP) is 1.27. The second kappa shape index (κ2) is 7.25. The quantitative estimate of drug-likeness (QED) is 0.878. The Morgan fingerprint density at radius 3 is 2.96 bits per heavy atom. The molecule has 0 saturated carbocycles. The Kier molecular flexibility index (Phi) is 4.87. The lowest BCUT2D eigenvalue weighted by Crippen LogP contribution is -2.37. The van der Waals surface area contributed by atoms with Gasteiger partial charge in [-0.05, 0) is 30.9 Å². The number of nitrogens with one attached hydrogen (secondary N) is 1. The highest BCUT2D eigenvalue weighted by Crippen LogP contribution is 2.34. The highest BCUT2D eigenvalue weighted by molar-refractivity contribution is 5.79. The second-order valence-electron chi connectivity index (χ2n) is 7.21. The zero-order chi connectivity index (χ0) is 16.4. The number of furan rings is 1. The third kappa shape index (κ3) is 3.50. The van der Waals surface area contributed by atoms with Gasteiger partial charge in [-0.15, -0.1) is 0 Å². The predicted molar refractivity (Wildman–Crippen MR) is 87.3 cm³/mol. The van der Waals surface area contributed by atoms with Crippen LogP contribution in [-0.4, -0.2) is 56.4 Å². The molecule has 3 saturated heterocycles. The summed E-state index contributed by atoms with van der Waals surface area (Å²) in [4.78, 5) is 15.0. The largest absolute Gasteiger partial charge is 0.467 e. The standard InChI is InChI=1S/C18H26N2O4/c21-18(19-8-14-2-1-5-23-14)16-12-24-17-11-20(10-15(16)17)9-13-3-6-22-7-4-13/h1-2,5,13,15-17H,3-4,6-12H2,(H,19,21)/t15-,16+,17-/m1/s1. The zero-order valence-electron chi connectivity index (χ0n) is 14.0. The summed E-state index contributed by atoms with van der Waals surface area (Å²) in [5, 5.41) is 2.99. The molecule has 6 nitrogen and oxygen atoms in total. The van der Waals surface area contributed by atoms with Gasteiger partial charge in [-0.25, -0.2) is 0 Å². The van der Waals surface area contributed by atoms with E-state index in [4.69, 9.17) is 13.9 Å². The van der Waals surface area contributed by atoms with E-state index in [0.717, 1.165) is 57.4 Å². The van der Waals surface area contributed by atoms with Crippen molar-refractivity contribution < 1.29 is 18.7 Å². The Morgan fingerprint density at radius 1 is 1.29 bits per heavy atom. The van der Waals surface area contributed by atoms with Gasteiger partial charge < -0.3 is 24.1 Å². The maximum atomic E-state index is 12.5. The summed E-state index contributed by atoms with van der Waals surface area (Å²) in [6, 6.07) is 3.71. The van der Waals surface area contributed by atoms with Crippen molar-refractivity contribution >= 4 is 5.91 Å². The molecule has 1 N–H and O–H groups in total. The summed E-state index contributed by atoms with van der Waals surface area (Å²) in [7, 11) is 0. The average molecular weight is 334 g/mol. The van der Waals surface area contributed by atoms with Crippen molar-refractivity contribution in [3.63, 3.8) is 0 Å². The molecular weight excluding hydrogens is 308 g/mol. The van der Waals surface area contributed by atoms with Crippen molar-refractivity contribution in [1.82, 2.24) is 10.2 Å². The first-order chi connectivity index (χ1) is 11.8. The highest BCUT2D eigenvalue weighted by Gasteiger charge is 2.46. The molecule has 0 bridgehead atoms. The van der Waals surface area contributed by atoms with Crippen LogP contribution < -0.4 is 5.32 Å². The molecule has 4 heterocycles. The minimum atomic E-state index is -0.0374. The summed E-state index contributed by atoms with van der Waals surface area (Å²) >= 11 is 0. The van der Waals surface area contributed by atoms with Crippen LogP contribution in [0.25, 0.3) is 0 Å². The molecule has 6 heteroatoms. The molecule has 0 spiro atoms. The molecule has 0 unspecified atom stereocenters. The molecule has 3 aliphatic rings. The van der Waals surface area contributed by atoms with Crippen LogP contribution in [0, 0.1) is 17.8 Å². The summed E-state index contributed by atoms with van der Waals surface area (Å²) in [5.74, 6) is 1.88. The van der Waals surface area contributed by atoms with Gasteiger partial charge >= 0.3 is 0 Å². The fraction of sp³-hybridized carbons (Fsp3) is 0.722. The first-order valence-corrected chi connectivity index (χ1v) is 9.01. The van der Waals surface area contributed by atoms with E-state index in [9.17, 15) is 4.79 Å². The number of carbonyl (C=O) groups excluding carboxylic acids is 1. The Labute approximate surface area is 142 Å². The van der Waals surface area contributed by atoms with Crippen LogP contribution in [0.15, 0.2) is 22.8 Å². The van der Waals surface area contributed by atoms with Gasteiger partial charge in [0.25, 0.3) is 0 Å². The van der Waals surface area contributed by atoms with Gasteiger partial charge in [-0.1, -0.05) is 0 Å². The van der Waals surface area contributed by atoms with Gasteiger partial charge in [0.15, 0.2) is 0 Å². The lowest BCUT2D eigenvalue weighted by Gasteiger charge is -2.27.